The summed E-state index contributed by atoms with van der Waals surface area (Å²) in [6, 6.07) is 3.69. The van der Waals surface area contributed by atoms with Gasteiger partial charge in [-0.2, -0.15) is 0 Å². The lowest BCUT2D eigenvalue weighted by molar-refractivity contribution is -0.146. The molecular formula is C16H13ClN2O3S2. The summed E-state index contributed by atoms with van der Waals surface area (Å²) in [6.45, 7) is 0. The van der Waals surface area contributed by atoms with Crippen LogP contribution in [0.25, 0.3) is 10.6 Å². The van der Waals surface area contributed by atoms with E-state index in [2.05, 4.69) is 10.3 Å². The molecule has 2 aliphatic carbocycles. The van der Waals surface area contributed by atoms with E-state index in [-0.39, 0.29) is 17.7 Å². The minimum atomic E-state index is -0.903. The van der Waals surface area contributed by atoms with Gasteiger partial charge in [0.2, 0.25) is 5.91 Å². The Morgan fingerprint density at radius 1 is 1.25 bits per heavy atom. The van der Waals surface area contributed by atoms with Gasteiger partial charge in [-0.05, 0) is 30.4 Å². The third-order valence-corrected chi connectivity index (χ3v) is 6.62. The van der Waals surface area contributed by atoms with Gasteiger partial charge in [-0.15, -0.1) is 22.7 Å². The van der Waals surface area contributed by atoms with Crippen molar-refractivity contribution in [2.75, 3.05) is 5.32 Å². The predicted molar refractivity (Wildman–Crippen MR) is 94.4 cm³/mol. The summed E-state index contributed by atoms with van der Waals surface area (Å²) in [5, 5.41) is 14.6. The first-order valence-electron chi connectivity index (χ1n) is 7.46. The molecule has 2 aliphatic rings. The fraction of sp³-hybridized carbons (Fsp3) is 0.312. The number of thiophene rings is 1. The summed E-state index contributed by atoms with van der Waals surface area (Å²) in [7, 11) is 0. The van der Waals surface area contributed by atoms with Crippen LogP contribution in [-0.4, -0.2) is 22.0 Å². The molecule has 2 N–H and O–H groups in total. The smallest absolute Gasteiger partial charge is 0.307 e. The minimum absolute atomic E-state index is 0.00614. The van der Waals surface area contributed by atoms with Crippen LogP contribution in [0.5, 0.6) is 0 Å². The number of carboxylic acids is 1. The molecule has 2 aromatic heterocycles. The number of fused-ring (bicyclic) bond motifs is 2. The van der Waals surface area contributed by atoms with Crippen LogP contribution in [-0.2, 0) is 9.59 Å². The quantitative estimate of drug-likeness (QED) is 0.786. The summed E-state index contributed by atoms with van der Waals surface area (Å²) in [4.78, 5) is 29.5. The zero-order chi connectivity index (χ0) is 16.8. The van der Waals surface area contributed by atoms with E-state index in [1.807, 2.05) is 23.6 Å². The first-order chi connectivity index (χ1) is 11.5. The predicted octanol–water partition coefficient (Wildman–Crippen LogP) is 3.99. The van der Waals surface area contributed by atoms with Crippen molar-refractivity contribution in [3.8, 4) is 10.6 Å². The van der Waals surface area contributed by atoms with E-state index in [4.69, 9.17) is 11.6 Å². The van der Waals surface area contributed by atoms with Gasteiger partial charge in [0.05, 0.1) is 26.7 Å². The maximum absolute atomic E-state index is 12.6. The van der Waals surface area contributed by atoms with Gasteiger partial charge in [0.25, 0.3) is 0 Å². The van der Waals surface area contributed by atoms with Crippen LogP contribution < -0.4 is 5.32 Å². The Kier molecular flexibility index (Phi) is 3.94. The van der Waals surface area contributed by atoms with E-state index >= 15 is 0 Å². The number of aliphatic carboxylic acids is 1. The van der Waals surface area contributed by atoms with Crippen molar-refractivity contribution >= 4 is 51.3 Å². The normalized spacial score (nSPS) is 27.5. The van der Waals surface area contributed by atoms with Crippen LogP contribution in [0.2, 0.25) is 4.34 Å². The Hall–Kier alpha value is -1.70. The summed E-state index contributed by atoms with van der Waals surface area (Å²) in [6.07, 6.45) is 4.64. The molecule has 4 rings (SSSR count). The number of nitrogens with zero attached hydrogens (tertiary/aromatic N) is 1. The van der Waals surface area contributed by atoms with Crippen molar-refractivity contribution in [1.82, 2.24) is 4.98 Å². The molecule has 0 spiro atoms. The third kappa shape index (κ3) is 2.66. The second-order valence-corrected chi connectivity index (χ2v) is 8.54. The SMILES string of the molecule is O=C(O)[C@@H]1[C@H](C(=O)Nc2nc(-c3ccc(Cl)s3)cs2)[C@@H]2C=C[C@H]1C2. The van der Waals surface area contributed by atoms with Gasteiger partial charge in [-0.3, -0.25) is 9.59 Å². The lowest BCUT2D eigenvalue weighted by Gasteiger charge is -2.23. The van der Waals surface area contributed by atoms with Crippen molar-refractivity contribution in [2.24, 2.45) is 23.7 Å². The van der Waals surface area contributed by atoms with Gasteiger partial charge in [0.15, 0.2) is 5.13 Å². The number of thiazole rings is 1. The van der Waals surface area contributed by atoms with Crippen molar-refractivity contribution < 1.29 is 14.7 Å². The van der Waals surface area contributed by atoms with Crippen LogP contribution in [0.15, 0.2) is 29.7 Å². The molecule has 1 saturated carbocycles. The molecule has 5 nitrogen and oxygen atoms in total. The highest BCUT2D eigenvalue weighted by Gasteiger charge is 2.51. The van der Waals surface area contributed by atoms with Crippen LogP contribution in [0, 0.1) is 23.7 Å². The molecule has 1 amide bonds. The number of hydrogen-bond donors (Lipinski definition) is 2. The molecule has 124 valence electrons. The van der Waals surface area contributed by atoms with Gasteiger partial charge in [0.1, 0.15) is 0 Å². The van der Waals surface area contributed by atoms with Gasteiger partial charge in [-0.1, -0.05) is 23.8 Å². The van der Waals surface area contributed by atoms with Crippen molar-refractivity contribution in [2.45, 2.75) is 6.42 Å². The third-order valence-electron chi connectivity index (χ3n) is 4.61. The number of allylic oxidation sites excluding steroid dienone is 2. The molecular weight excluding hydrogens is 368 g/mol. The van der Waals surface area contributed by atoms with E-state index in [0.717, 1.165) is 17.0 Å². The molecule has 0 aromatic carbocycles. The van der Waals surface area contributed by atoms with E-state index < -0.39 is 17.8 Å². The number of carbonyl (C=O) groups excluding carboxylic acids is 1. The van der Waals surface area contributed by atoms with E-state index in [1.54, 1.807) is 6.07 Å². The average molecular weight is 381 g/mol. The molecule has 2 aromatic rings. The fourth-order valence-electron chi connectivity index (χ4n) is 3.60. The van der Waals surface area contributed by atoms with Crippen LogP contribution in [0.1, 0.15) is 6.42 Å². The van der Waals surface area contributed by atoms with E-state index in [9.17, 15) is 14.7 Å². The molecule has 8 heteroatoms. The molecule has 0 unspecified atom stereocenters. The van der Waals surface area contributed by atoms with Crippen molar-refractivity contribution in [1.29, 1.82) is 0 Å². The van der Waals surface area contributed by atoms with Crippen molar-refractivity contribution in [3.63, 3.8) is 0 Å². The number of hydrogen-bond acceptors (Lipinski definition) is 5. The number of carbonyl (C=O) groups is 2. The van der Waals surface area contributed by atoms with E-state index in [1.165, 1.54) is 22.7 Å². The number of halogens is 1. The standard InChI is InChI=1S/C16H13ClN2O3S2/c17-11-4-3-10(24-11)9-6-23-16(18-9)19-14(20)12-7-1-2-8(5-7)13(12)15(21)22/h1-4,6-8,12-13H,5H2,(H,21,22)(H,18,19,20)/t7-,8+,12-,13+/m1/s1. The first-order valence-corrected chi connectivity index (χ1v) is 9.53. The van der Waals surface area contributed by atoms with E-state index in [0.29, 0.717) is 9.47 Å². The Morgan fingerprint density at radius 3 is 2.67 bits per heavy atom. The zero-order valence-electron chi connectivity index (χ0n) is 12.3. The van der Waals surface area contributed by atoms with Gasteiger partial charge >= 0.3 is 5.97 Å². The number of carboxylic acid groups (broad SMARTS) is 1. The Bertz CT molecular complexity index is 844. The minimum Gasteiger partial charge on any atom is -0.481 e. The summed E-state index contributed by atoms with van der Waals surface area (Å²) in [5.41, 5.74) is 0.759. The molecule has 1 fully saturated rings. The fourth-order valence-corrected chi connectivity index (χ4v) is 5.39. The average Bonchev–Trinajstić information content (AvgIpc) is 3.29. The largest absolute Gasteiger partial charge is 0.481 e. The van der Waals surface area contributed by atoms with Gasteiger partial charge in [0, 0.05) is 5.38 Å². The zero-order valence-corrected chi connectivity index (χ0v) is 14.7. The maximum Gasteiger partial charge on any atom is 0.307 e. The summed E-state index contributed by atoms with van der Waals surface area (Å²) in [5.74, 6) is -2.36. The molecule has 0 aliphatic heterocycles. The van der Waals surface area contributed by atoms with Crippen LogP contribution >= 0.6 is 34.3 Å². The highest BCUT2D eigenvalue weighted by Crippen LogP contribution is 2.48. The maximum atomic E-state index is 12.6. The number of aromatic nitrogens is 1. The molecule has 4 atom stereocenters. The number of anilines is 1. The Labute approximate surface area is 151 Å². The second kappa shape index (κ2) is 5.98. The highest BCUT2D eigenvalue weighted by atomic mass is 35.5. The molecule has 2 bridgehead atoms. The molecule has 24 heavy (non-hydrogen) atoms. The second-order valence-electron chi connectivity index (χ2n) is 5.97. The van der Waals surface area contributed by atoms with Crippen LogP contribution in [0.3, 0.4) is 0 Å². The monoisotopic (exact) mass is 380 g/mol. The molecule has 0 radical (unpaired) electrons. The first kappa shape index (κ1) is 15.8. The number of amides is 1. The molecule has 0 saturated heterocycles. The van der Waals surface area contributed by atoms with Gasteiger partial charge < -0.3 is 10.4 Å². The van der Waals surface area contributed by atoms with Gasteiger partial charge in [-0.25, -0.2) is 4.98 Å². The topological polar surface area (TPSA) is 79.3 Å². The number of nitrogens with one attached hydrogen (secondary N) is 1. The van der Waals surface area contributed by atoms with Crippen molar-refractivity contribution in [3.05, 3.63) is 34.0 Å². The lowest BCUT2D eigenvalue weighted by Crippen LogP contribution is -2.36. The Morgan fingerprint density at radius 2 is 2.00 bits per heavy atom. The molecule has 2 heterocycles. The summed E-state index contributed by atoms with van der Waals surface area (Å²) < 4.78 is 0.682. The number of rotatable bonds is 4. The lowest BCUT2D eigenvalue weighted by atomic mass is 9.82. The highest BCUT2D eigenvalue weighted by molar-refractivity contribution is 7.20. The Balaban J connectivity index is 1.51. The van der Waals surface area contributed by atoms with Crippen LogP contribution in [0.4, 0.5) is 5.13 Å². The summed E-state index contributed by atoms with van der Waals surface area (Å²) >= 11 is 8.68.